The van der Waals surface area contributed by atoms with Gasteiger partial charge in [0.1, 0.15) is 4.90 Å². The van der Waals surface area contributed by atoms with E-state index in [1.54, 1.807) is 18.3 Å². The average Bonchev–Trinajstić information content (AvgIpc) is 2.39. The zero-order valence-corrected chi connectivity index (χ0v) is 10.4. The van der Waals surface area contributed by atoms with Gasteiger partial charge in [0.05, 0.1) is 0 Å². The lowest BCUT2D eigenvalue weighted by Crippen LogP contribution is -2.35. The highest BCUT2D eigenvalue weighted by atomic mass is 32.2. The third-order valence-corrected chi connectivity index (χ3v) is 4.37. The fraction of sp³-hybridized carbons (Fsp3) is 0.545. The number of sulfonamides is 1. The van der Waals surface area contributed by atoms with Crippen LogP contribution in [-0.4, -0.2) is 33.0 Å². The first kappa shape index (κ1) is 12.5. The molecule has 0 aliphatic carbocycles. The molecule has 17 heavy (non-hydrogen) atoms. The van der Waals surface area contributed by atoms with E-state index in [2.05, 4.69) is 15.0 Å². The maximum atomic E-state index is 11.9. The number of piperidine rings is 1. The van der Waals surface area contributed by atoms with Gasteiger partial charge >= 0.3 is 0 Å². The molecule has 5 nitrogen and oxygen atoms in total. The van der Waals surface area contributed by atoms with Gasteiger partial charge in [0.25, 0.3) is 0 Å². The summed E-state index contributed by atoms with van der Waals surface area (Å²) in [5.41, 5.74) is 0. The Morgan fingerprint density at radius 2 is 2.18 bits per heavy atom. The topological polar surface area (TPSA) is 71.1 Å². The van der Waals surface area contributed by atoms with Crippen molar-refractivity contribution < 1.29 is 8.42 Å². The van der Waals surface area contributed by atoms with E-state index in [0.29, 0.717) is 12.5 Å². The Morgan fingerprint density at radius 3 is 2.82 bits per heavy atom. The largest absolute Gasteiger partial charge is 0.317 e. The summed E-state index contributed by atoms with van der Waals surface area (Å²) < 4.78 is 26.5. The van der Waals surface area contributed by atoms with E-state index < -0.39 is 10.0 Å². The molecule has 1 fully saturated rings. The number of hydrogen-bond donors (Lipinski definition) is 2. The molecule has 94 valence electrons. The molecule has 1 aromatic heterocycles. The molecule has 1 aromatic rings. The minimum absolute atomic E-state index is 0.230. The van der Waals surface area contributed by atoms with E-state index in [1.807, 2.05) is 0 Å². The highest BCUT2D eigenvalue weighted by Crippen LogP contribution is 2.12. The number of rotatable bonds is 4. The number of nitrogens with zero attached hydrogens (tertiary/aromatic N) is 1. The molecule has 0 unspecified atom stereocenters. The number of nitrogens with one attached hydrogen (secondary N) is 2. The molecular weight excluding hydrogens is 238 g/mol. The normalized spacial score (nSPS) is 18.1. The van der Waals surface area contributed by atoms with Gasteiger partial charge in [0.15, 0.2) is 0 Å². The van der Waals surface area contributed by atoms with Gasteiger partial charge in [0.2, 0.25) is 10.0 Å². The average molecular weight is 255 g/mol. The summed E-state index contributed by atoms with van der Waals surface area (Å²) in [5, 5.41) is 3.26. The summed E-state index contributed by atoms with van der Waals surface area (Å²) in [7, 11) is -3.39. The van der Waals surface area contributed by atoms with Crippen LogP contribution in [0.25, 0.3) is 0 Å². The Bertz CT molecular complexity index is 441. The van der Waals surface area contributed by atoms with E-state index in [-0.39, 0.29) is 4.90 Å². The molecule has 0 bridgehead atoms. The second kappa shape index (κ2) is 5.57. The Morgan fingerprint density at radius 1 is 1.41 bits per heavy atom. The lowest BCUT2D eigenvalue weighted by atomic mass is 9.99. The molecule has 0 amide bonds. The van der Waals surface area contributed by atoms with Crippen LogP contribution in [0.3, 0.4) is 0 Å². The van der Waals surface area contributed by atoms with E-state index in [1.165, 1.54) is 6.20 Å². The van der Waals surface area contributed by atoms with Crippen molar-refractivity contribution >= 4 is 10.0 Å². The maximum absolute atomic E-state index is 11.9. The zero-order chi connectivity index (χ0) is 12.1. The number of hydrogen-bond acceptors (Lipinski definition) is 4. The second-order valence-electron chi connectivity index (χ2n) is 4.23. The molecule has 0 spiro atoms. The van der Waals surface area contributed by atoms with Crippen LogP contribution in [0, 0.1) is 5.92 Å². The molecule has 2 heterocycles. The van der Waals surface area contributed by atoms with Gasteiger partial charge < -0.3 is 5.32 Å². The van der Waals surface area contributed by atoms with Crippen LogP contribution in [0.15, 0.2) is 29.4 Å². The summed E-state index contributed by atoms with van der Waals surface area (Å²) >= 11 is 0. The van der Waals surface area contributed by atoms with Crippen molar-refractivity contribution in [3.63, 3.8) is 0 Å². The number of pyridine rings is 1. The second-order valence-corrected chi connectivity index (χ2v) is 6.00. The van der Waals surface area contributed by atoms with Gasteiger partial charge in [-0.25, -0.2) is 13.1 Å². The van der Waals surface area contributed by atoms with Crippen LogP contribution in [-0.2, 0) is 10.0 Å². The minimum Gasteiger partial charge on any atom is -0.317 e. The fourth-order valence-electron chi connectivity index (χ4n) is 1.90. The van der Waals surface area contributed by atoms with Crippen molar-refractivity contribution in [2.45, 2.75) is 17.7 Å². The maximum Gasteiger partial charge on any atom is 0.242 e. The quantitative estimate of drug-likeness (QED) is 0.815. The van der Waals surface area contributed by atoms with Crippen molar-refractivity contribution in [3.05, 3.63) is 24.5 Å². The predicted octanol–water partition coefficient (Wildman–Crippen LogP) is 0.359. The highest BCUT2D eigenvalue weighted by Gasteiger charge is 2.18. The first-order valence-corrected chi connectivity index (χ1v) is 7.27. The molecule has 0 aromatic carbocycles. The van der Waals surface area contributed by atoms with Crippen molar-refractivity contribution in [1.29, 1.82) is 0 Å². The van der Waals surface area contributed by atoms with Crippen molar-refractivity contribution in [2.75, 3.05) is 19.6 Å². The van der Waals surface area contributed by atoms with Gasteiger partial charge in [-0.05, 0) is 44.0 Å². The first-order valence-electron chi connectivity index (χ1n) is 5.79. The van der Waals surface area contributed by atoms with Gasteiger partial charge in [-0.15, -0.1) is 0 Å². The van der Waals surface area contributed by atoms with Crippen LogP contribution in [0.5, 0.6) is 0 Å². The molecule has 1 aliphatic heterocycles. The minimum atomic E-state index is -3.39. The Balaban J connectivity index is 1.94. The van der Waals surface area contributed by atoms with Gasteiger partial charge in [-0.2, -0.15) is 0 Å². The van der Waals surface area contributed by atoms with Crippen LogP contribution in [0.4, 0.5) is 0 Å². The van der Waals surface area contributed by atoms with Crippen LogP contribution >= 0.6 is 0 Å². The summed E-state index contributed by atoms with van der Waals surface area (Å²) in [6.07, 6.45) is 4.97. The molecular formula is C11H17N3O2S. The molecule has 0 atom stereocenters. The summed E-state index contributed by atoms with van der Waals surface area (Å²) in [4.78, 5) is 4.05. The monoisotopic (exact) mass is 255 g/mol. The Hall–Kier alpha value is -0.980. The van der Waals surface area contributed by atoms with Crippen LogP contribution in [0.1, 0.15) is 12.8 Å². The molecule has 1 saturated heterocycles. The van der Waals surface area contributed by atoms with E-state index in [9.17, 15) is 8.42 Å². The number of aromatic nitrogens is 1. The van der Waals surface area contributed by atoms with Gasteiger partial charge in [-0.1, -0.05) is 0 Å². The zero-order valence-electron chi connectivity index (χ0n) is 9.59. The first-order chi connectivity index (χ1) is 8.18. The molecule has 2 rings (SSSR count). The SMILES string of the molecule is O=S(=O)(NCC1CCNCC1)c1cccnc1. The molecule has 0 radical (unpaired) electrons. The van der Waals surface area contributed by atoms with Crippen LogP contribution in [0.2, 0.25) is 0 Å². The fourth-order valence-corrected chi connectivity index (χ4v) is 2.98. The smallest absolute Gasteiger partial charge is 0.242 e. The van der Waals surface area contributed by atoms with Gasteiger partial charge in [-0.3, -0.25) is 4.98 Å². The van der Waals surface area contributed by atoms with E-state index in [0.717, 1.165) is 25.9 Å². The standard InChI is InChI=1S/C11H17N3O2S/c15-17(16,11-2-1-5-13-9-11)14-8-10-3-6-12-7-4-10/h1-2,5,9-10,12,14H,3-4,6-8H2. The van der Waals surface area contributed by atoms with Gasteiger partial charge in [0, 0.05) is 18.9 Å². The molecule has 0 saturated carbocycles. The van der Waals surface area contributed by atoms with Crippen molar-refractivity contribution in [2.24, 2.45) is 5.92 Å². The molecule has 6 heteroatoms. The van der Waals surface area contributed by atoms with Crippen molar-refractivity contribution in [3.8, 4) is 0 Å². The molecule has 1 aliphatic rings. The highest BCUT2D eigenvalue weighted by molar-refractivity contribution is 7.89. The Labute approximate surface area is 102 Å². The summed E-state index contributed by atoms with van der Waals surface area (Å²) in [6, 6.07) is 3.18. The van der Waals surface area contributed by atoms with Crippen molar-refractivity contribution in [1.82, 2.24) is 15.0 Å². The third-order valence-electron chi connectivity index (χ3n) is 2.97. The molecule has 2 N–H and O–H groups in total. The van der Waals surface area contributed by atoms with E-state index in [4.69, 9.17) is 0 Å². The van der Waals surface area contributed by atoms with E-state index >= 15 is 0 Å². The lowest BCUT2D eigenvalue weighted by molar-refractivity contribution is 0.372. The summed E-state index contributed by atoms with van der Waals surface area (Å²) in [5.74, 6) is 0.433. The predicted molar refractivity (Wildman–Crippen MR) is 65.0 cm³/mol. The van der Waals surface area contributed by atoms with Crippen LogP contribution < -0.4 is 10.0 Å². The third kappa shape index (κ3) is 3.49. The Kier molecular flexibility index (Phi) is 4.09. The summed E-state index contributed by atoms with van der Waals surface area (Å²) in [6.45, 7) is 2.46. The lowest BCUT2D eigenvalue weighted by Gasteiger charge is -2.22.